The highest BCUT2D eigenvalue weighted by Gasteiger charge is 2.09. The zero-order valence-electron chi connectivity index (χ0n) is 7.93. The molecule has 0 N–H and O–H groups in total. The Bertz CT molecular complexity index is 313. The number of rotatable bonds is 2. The lowest BCUT2D eigenvalue weighted by Crippen LogP contribution is -2.04. The van der Waals surface area contributed by atoms with E-state index in [9.17, 15) is 0 Å². The largest absolute Gasteiger partial charge is 0.237 e. The topological polar surface area (TPSA) is 25.8 Å². The highest BCUT2D eigenvalue weighted by molar-refractivity contribution is 14.1. The molecule has 13 heavy (non-hydrogen) atoms. The first-order valence-electron chi connectivity index (χ1n) is 4.19. The van der Waals surface area contributed by atoms with E-state index in [1.54, 1.807) is 0 Å². The summed E-state index contributed by atoms with van der Waals surface area (Å²) in [5.41, 5.74) is 1.06. The van der Waals surface area contributed by atoms with Gasteiger partial charge in [-0.2, -0.15) is 0 Å². The summed E-state index contributed by atoms with van der Waals surface area (Å²) < 4.78 is 0.985. The number of hydrogen-bond acceptors (Lipinski definition) is 2. The lowest BCUT2D eigenvalue weighted by Gasteiger charge is -2.08. The van der Waals surface area contributed by atoms with E-state index < -0.39 is 0 Å². The van der Waals surface area contributed by atoms with Gasteiger partial charge in [-0.25, -0.2) is 9.97 Å². The fourth-order valence-corrected chi connectivity index (χ4v) is 1.79. The third kappa shape index (κ3) is 3.06. The third-order valence-corrected chi connectivity index (χ3v) is 3.32. The van der Waals surface area contributed by atoms with Gasteiger partial charge in [0.25, 0.3) is 0 Å². The quantitative estimate of drug-likeness (QED) is 0.619. The van der Waals surface area contributed by atoms with Gasteiger partial charge in [0.15, 0.2) is 0 Å². The van der Waals surface area contributed by atoms with Crippen molar-refractivity contribution in [2.24, 2.45) is 5.92 Å². The van der Waals surface area contributed by atoms with Crippen LogP contribution in [0.25, 0.3) is 0 Å². The second kappa shape index (κ2) is 4.55. The molecule has 0 unspecified atom stereocenters. The molecule has 0 fully saturated rings. The standard InChI is InChI=1S/C9H12ClIN2/c1-5(2)4-7-8(11)9(10)13-6(3)12-7/h5H,4H2,1-3H3. The van der Waals surface area contributed by atoms with Crippen molar-refractivity contribution in [3.63, 3.8) is 0 Å². The summed E-state index contributed by atoms with van der Waals surface area (Å²) in [4.78, 5) is 8.46. The maximum absolute atomic E-state index is 5.94. The fourth-order valence-electron chi connectivity index (χ4n) is 1.10. The van der Waals surface area contributed by atoms with Gasteiger partial charge in [-0.05, 0) is 41.9 Å². The van der Waals surface area contributed by atoms with Crippen molar-refractivity contribution in [1.29, 1.82) is 0 Å². The average molecular weight is 311 g/mol. The Labute approximate surface area is 97.3 Å². The van der Waals surface area contributed by atoms with Crippen LogP contribution in [-0.4, -0.2) is 9.97 Å². The third-order valence-electron chi connectivity index (χ3n) is 1.59. The molecule has 0 aliphatic carbocycles. The van der Waals surface area contributed by atoms with E-state index in [-0.39, 0.29) is 0 Å². The maximum Gasteiger partial charge on any atom is 0.146 e. The molecule has 0 saturated heterocycles. The summed E-state index contributed by atoms with van der Waals surface area (Å²) >= 11 is 8.14. The van der Waals surface area contributed by atoms with E-state index in [1.165, 1.54) is 0 Å². The zero-order chi connectivity index (χ0) is 10.0. The Hall–Kier alpha value is 0.1000. The number of halogens is 2. The number of nitrogens with zero attached hydrogens (tertiary/aromatic N) is 2. The Balaban J connectivity index is 3.05. The average Bonchev–Trinajstić information content (AvgIpc) is 1.98. The van der Waals surface area contributed by atoms with Crippen LogP contribution in [0, 0.1) is 16.4 Å². The predicted molar refractivity (Wildman–Crippen MR) is 63.0 cm³/mol. The molecular weight excluding hydrogens is 298 g/mol. The molecule has 0 saturated carbocycles. The van der Waals surface area contributed by atoms with Crippen LogP contribution in [0.15, 0.2) is 0 Å². The lowest BCUT2D eigenvalue weighted by atomic mass is 10.1. The van der Waals surface area contributed by atoms with Crippen LogP contribution in [0.1, 0.15) is 25.4 Å². The van der Waals surface area contributed by atoms with Gasteiger partial charge in [-0.1, -0.05) is 25.4 Å². The first-order valence-corrected chi connectivity index (χ1v) is 5.65. The van der Waals surface area contributed by atoms with E-state index in [0.29, 0.717) is 11.1 Å². The minimum atomic E-state index is 0.573. The molecule has 72 valence electrons. The molecule has 0 radical (unpaired) electrons. The van der Waals surface area contributed by atoms with Crippen molar-refractivity contribution in [1.82, 2.24) is 9.97 Å². The highest BCUT2D eigenvalue weighted by Crippen LogP contribution is 2.21. The lowest BCUT2D eigenvalue weighted by molar-refractivity contribution is 0.629. The van der Waals surface area contributed by atoms with Gasteiger partial charge in [0.2, 0.25) is 0 Å². The molecule has 2 nitrogen and oxygen atoms in total. The van der Waals surface area contributed by atoms with E-state index >= 15 is 0 Å². The molecule has 0 aliphatic heterocycles. The molecule has 0 spiro atoms. The Morgan fingerprint density at radius 3 is 2.54 bits per heavy atom. The summed E-state index contributed by atoms with van der Waals surface area (Å²) in [6, 6.07) is 0. The van der Waals surface area contributed by atoms with Crippen LogP contribution in [-0.2, 0) is 6.42 Å². The summed E-state index contributed by atoms with van der Waals surface area (Å²) in [5.74, 6) is 1.35. The summed E-state index contributed by atoms with van der Waals surface area (Å²) in [6.07, 6.45) is 0.960. The zero-order valence-corrected chi connectivity index (χ0v) is 10.8. The smallest absolute Gasteiger partial charge is 0.146 e. The summed E-state index contributed by atoms with van der Waals surface area (Å²) in [7, 11) is 0. The van der Waals surface area contributed by atoms with E-state index in [1.807, 2.05) is 6.92 Å². The van der Waals surface area contributed by atoms with E-state index in [4.69, 9.17) is 11.6 Å². The van der Waals surface area contributed by atoms with E-state index in [2.05, 4.69) is 46.4 Å². The van der Waals surface area contributed by atoms with Gasteiger partial charge in [-0.3, -0.25) is 0 Å². The Morgan fingerprint density at radius 1 is 1.38 bits per heavy atom. The van der Waals surface area contributed by atoms with Gasteiger partial charge in [0, 0.05) is 0 Å². The Morgan fingerprint density at radius 2 is 2.00 bits per heavy atom. The minimum absolute atomic E-state index is 0.573. The molecule has 1 heterocycles. The van der Waals surface area contributed by atoms with Crippen molar-refractivity contribution < 1.29 is 0 Å². The van der Waals surface area contributed by atoms with Crippen LogP contribution in [0.2, 0.25) is 5.15 Å². The maximum atomic E-state index is 5.94. The second-order valence-electron chi connectivity index (χ2n) is 3.42. The van der Waals surface area contributed by atoms with Crippen molar-refractivity contribution in [2.75, 3.05) is 0 Å². The monoisotopic (exact) mass is 310 g/mol. The van der Waals surface area contributed by atoms with E-state index in [0.717, 1.165) is 21.5 Å². The predicted octanol–water partition coefficient (Wildman–Crippen LogP) is 3.24. The molecule has 0 atom stereocenters. The van der Waals surface area contributed by atoms with Gasteiger partial charge in [0.05, 0.1) is 9.26 Å². The van der Waals surface area contributed by atoms with Gasteiger partial charge < -0.3 is 0 Å². The van der Waals surface area contributed by atoms with Crippen LogP contribution in [0.3, 0.4) is 0 Å². The van der Waals surface area contributed by atoms with Crippen LogP contribution in [0.5, 0.6) is 0 Å². The summed E-state index contributed by atoms with van der Waals surface area (Å²) in [5, 5.41) is 0.573. The summed E-state index contributed by atoms with van der Waals surface area (Å²) in [6.45, 7) is 6.20. The number of aryl methyl sites for hydroxylation is 1. The van der Waals surface area contributed by atoms with Crippen molar-refractivity contribution in [3.8, 4) is 0 Å². The molecule has 0 aliphatic rings. The van der Waals surface area contributed by atoms with Gasteiger partial charge >= 0.3 is 0 Å². The molecular formula is C9H12ClIN2. The number of aromatic nitrogens is 2. The molecule has 0 amide bonds. The molecule has 0 aromatic carbocycles. The highest BCUT2D eigenvalue weighted by atomic mass is 127. The molecule has 1 aromatic heterocycles. The van der Waals surface area contributed by atoms with Crippen LogP contribution < -0.4 is 0 Å². The van der Waals surface area contributed by atoms with Gasteiger partial charge in [0.1, 0.15) is 11.0 Å². The SMILES string of the molecule is Cc1nc(Cl)c(I)c(CC(C)C)n1. The molecule has 0 bridgehead atoms. The van der Waals surface area contributed by atoms with Gasteiger partial charge in [-0.15, -0.1) is 0 Å². The second-order valence-corrected chi connectivity index (χ2v) is 4.86. The molecule has 1 rings (SSSR count). The fraction of sp³-hybridized carbons (Fsp3) is 0.556. The molecule has 4 heteroatoms. The van der Waals surface area contributed by atoms with Crippen molar-refractivity contribution in [2.45, 2.75) is 27.2 Å². The Kier molecular flexibility index (Phi) is 3.91. The normalized spacial score (nSPS) is 10.9. The first kappa shape index (κ1) is 11.2. The van der Waals surface area contributed by atoms with Crippen molar-refractivity contribution >= 4 is 34.2 Å². The number of hydrogen-bond donors (Lipinski definition) is 0. The van der Waals surface area contributed by atoms with Crippen LogP contribution >= 0.6 is 34.2 Å². The van der Waals surface area contributed by atoms with Crippen molar-refractivity contribution in [3.05, 3.63) is 20.2 Å². The van der Waals surface area contributed by atoms with Crippen LogP contribution in [0.4, 0.5) is 0 Å². The minimum Gasteiger partial charge on any atom is -0.237 e. The molecule has 1 aromatic rings. The first-order chi connectivity index (χ1) is 6.00.